The second-order valence-corrected chi connectivity index (χ2v) is 13.2. The molecule has 5 rings (SSSR count). The average Bonchev–Trinajstić information content (AvgIpc) is 2.76. The van der Waals surface area contributed by atoms with Crippen LogP contribution in [0.5, 0.6) is 0 Å². The van der Waals surface area contributed by atoms with Crippen LogP contribution < -0.4 is 10.2 Å². The minimum atomic E-state index is 0.107. The van der Waals surface area contributed by atoms with Gasteiger partial charge in [0.1, 0.15) is 13.5 Å². The minimum Gasteiger partial charge on any atom is -0.362 e. The van der Waals surface area contributed by atoms with Crippen LogP contribution in [0.4, 0.5) is 17.5 Å². The SMILES string of the molecule is B[C@]1(C2CN(c3nc(C)c(N=C)c(N[C@H](C)c4ccc(C)cc4C)n3)C2)CCCN(C2CC(C)(C)C2)C1. The van der Waals surface area contributed by atoms with Gasteiger partial charge in [0.15, 0.2) is 5.82 Å². The van der Waals surface area contributed by atoms with Gasteiger partial charge >= 0.3 is 0 Å². The number of nitrogens with one attached hydrogen (secondary N) is 1. The second kappa shape index (κ2) is 9.72. The first-order chi connectivity index (χ1) is 17.5. The Hall–Kier alpha value is -2.41. The van der Waals surface area contributed by atoms with E-state index in [4.69, 9.17) is 9.97 Å². The maximum absolute atomic E-state index is 4.98. The van der Waals surface area contributed by atoms with Gasteiger partial charge in [0.05, 0.1) is 11.7 Å². The summed E-state index contributed by atoms with van der Waals surface area (Å²) in [4.78, 5) is 19.3. The first kappa shape index (κ1) is 26.2. The molecule has 2 atom stereocenters. The predicted molar refractivity (Wildman–Crippen MR) is 158 cm³/mol. The van der Waals surface area contributed by atoms with Crippen LogP contribution in [0.15, 0.2) is 23.2 Å². The van der Waals surface area contributed by atoms with Gasteiger partial charge in [-0.3, -0.25) is 4.99 Å². The van der Waals surface area contributed by atoms with E-state index in [0.29, 0.717) is 16.6 Å². The molecule has 7 heteroatoms. The van der Waals surface area contributed by atoms with Crippen molar-refractivity contribution in [1.82, 2.24) is 14.9 Å². The lowest BCUT2D eigenvalue weighted by atomic mass is 9.54. The van der Waals surface area contributed by atoms with Crippen molar-refractivity contribution in [1.29, 1.82) is 0 Å². The number of benzene rings is 1. The maximum Gasteiger partial charge on any atom is 0.227 e. The Morgan fingerprint density at radius 3 is 2.54 bits per heavy atom. The van der Waals surface area contributed by atoms with Crippen molar-refractivity contribution >= 4 is 32.0 Å². The third-order valence-corrected chi connectivity index (χ3v) is 9.45. The van der Waals surface area contributed by atoms with Gasteiger partial charge in [-0.15, -0.1) is 0 Å². The summed E-state index contributed by atoms with van der Waals surface area (Å²) in [6.45, 7) is 21.7. The van der Waals surface area contributed by atoms with E-state index in [9.17, 15) is 0 Å². The molecule has 0 unspecified atom stereocenters. The highest BCUT2D eigenvalue weighted by Gasteiger charge is 2.48. The van der Waals surface area contributed by atoms with Crippen LogP contribution in [-0.2, 0) is 0 Å². The first-order valence-electron chi connectivity index (χ1n) is 14.2. The predicted octanol–water partition coefficient (Wildman–Crippen LogP) is 5.42. The van der Waals surface area contributed by atoms with Crippen LogP contribution in [-0.4, -0.2) is 61.7 Å². The number of aromatic nitrogens is 2. The topological polar surface area (TPSA) is 56.7 Å². The average molecular weight is 501 g/mol. The summed E-state index contributed by atoms with van der Waals surface area (Å²) in [5.74, 6) is 2.28. The van der Waals surface area contributed by atoms with E-state index in [1.807, 2.05) is 6.92 Å². The minimum absolute atomic E-state index is 0.107. The van der Waals surface area contributed by atoms with E-state index in [-0.39, 0.29) is 6.04 Å². The lowest BCUT2D eigenvalue weighted by Crippen LogP contribution is -2.59. The van der Waals surface area contributed by atoms with Crippen LogP contribution in [0.25, 0.3) is 0 Å². The number of likely N-dealkylation sites (tertiary alicyclic amines) is 1. The Morgan fingerprint density at radius 1 is 1.16 bits per heavy atom. The molecule has 6 nitrogen and oxygen atoms in total. The molecule has 0 spiro atoms. The van der Waals surface area contributed by atoms with Crippen LogP contribution in [0.1, 0.15) is 74.9 Å². The number of aliphatic imine (C=N–C) groups is 1. The van der Waals surface area contributed by atoms with Gasteiger partial charge in [0.2, 0.25) is 5.95 Å². The van der Waals surface area contributed by atoms with Crippen molar-refractivity contribution in [3.63, 3.8) is 0 Å². The van der Waals surface area contributed by atoms with Crippen LogP contribution >= 0.6 is 0 Å². The van der Waals surface area contributed by atoms with Crippen LogP contribution in [0.2, 0.25) is 5.31 Å². The van der Waals surface area contributed by atoms with Crippen molar-refractivity contribution < 1.29 is 0 Å². The van der Waals surface area contributed by atoms with Gasteiger partial charge in [0, 0.05) is 19.1 Å². The number of hydrogen-bond acceptors (Lipinski definition) is 6. The number of aryl methyl sites for hydroxylation is 3. The fourth-order valence-corrected chi connectivity index (χ4v) is 7.09. The summed E-state index contributed by atoms with van der Waals surface area (Å²) in [5, 5.41) is 4.00. The zero-order chi connectivity index (χ0) is 26.5. The molecule has 198 valence electrons. The molecule has 0 bridgehead atoms. The Kier molecular flexibility index (Phi) is 6.89. The van der Waals surface area contributed by atoms with Crippen molar-refractivity contribution in [2.45, 2.75) is 84.6 Å². The van der Waals surface area contributed by atoms with Gasteiger partial charge in [-0.2, -0.15) is 4.98 Å². The molecule has 3 fully saturated rings. The third kappa shape index (κ3) is 5.16. The molecule has 2 saturated heterocycles. The molecule has 0 radical (unpaired) electrons. The molecule has 2 aliphatic heterocycles. The Labute approximate surface area is 224 Å². The summed E-state index contributed by atoms with van der Waals surface area (Å²) in [6, 6.07) is 7.51. The van der Waals surface area contributed by atoms with Gasteiger partial charge in [-0.1, -0.05) is 44.0 Å². The monoisotopic (exact) mass is 500 g/mol. The molecule has 1 N–H and O–H groups in total. The molecule has 3 aliphatic rings. The molecule has 3 heterocycles. The number of nitrogens with zero attached hydrogens (tertiary/aromatic N) is 5. The summed E-state index contributed by atoms with van der Waals surface area (Å²) in [5.41, 5.74) is 5.99. The van der Waals surface area contributed by atoms with Gasteiger partial charge in [-0.25, -0.2) is 4.98 Å². The summed E-state index contributed by atoms with van der Waals surface area (Å²) < 4.78 is 0. The second-order valence-electron chi connectivity index (χ2n) is 13.2. The van der Waals surface area contributed by atoms with E-state index >= 15 is 0 Å². The number of rotatable bonds is 7. The normalized spacial score (nSPS) is 25.3. The van der Waals surface area contributed by atoms with E-state index in [1.54, 1.807) is 0 Å². The van der Waals surface area contributed by atoms with Crippen molar-refractivity contribution in [2.75, 3.05) is 36.4 Å². The Bertz CT molecular complexity index is 1160. The molecule has 2 aromatic rings. The molecular formula is C30H45BN6. The fraction of sp³-hybridized carbons (Fsp3) is 0.633. The Balaban J connectivity index is 1.28. The lowest BCUT2D eigenvalue weighted by molar-refractivity contribution is -0.00474. The largest absolute Gasteiger partial charge is 0.362 e. The zero-order valence-corrected chi connectivity index (χ0v) is 24.1. The molecule has 37 heavy (non-hydrogen) atoms. The van der Waals surface area contributed by atoms with Crippen molar-refractivity contribution in [3.8, 4) is 0 Å². The van der Waals surface area contributed by atoms with Gasteiger partial charge in [-0.05, 0) is 94.5 Å². The summed E-state index contributed by atoms with van der Waals surface area (Å²) in [7, 11) is 2.53. The molecule has 1 saturated carbocycles. The van der Waals surface area contributed by atoms with Gasteiger partial charge < -0.3 is 15.1 Å². The molecule has 1 aliphatic carbocycles. The highest BCUT2D eigenvalue weighted by atomic mass is 15.3. The molecule has 1 aromatic heterocycles. The van der Waals surface area contributed by atoms with E-state index in [2.05, 4.69) is 87.5 Å². The number of piperidine rings is 1. The number of anilines is 2. The Morgan fingerprint density at radius 2 is 1.89 bits per heavy atom. The van der Waals surface area contributed by atoms with E-state index in [1.165, 1.54) is 55.5 Å². The molecular weight excluding hydrogens is 455 g/mol. The highest BCUT2D eigenvalue weighted by molar-refractivity contribution is 6.16. The zero-order valence-electron chi connectivity index (χ0n) is 24.1. The van der Waals surface area contributed by atoms with E-state index < -0.39 is 0 Å². The standard InChI is InChI=1S/C30H45BN6/c1-19-9-10-25(20(2)13-19)21(3)33-27-26(32-7)22(4)34-28(35-27)37-16-23(17-37)30(31)11-8-12-36(18-30)24-14-29(5,6)15-24/h9-10,13,21,23-24H,7-8,11-12,14-18,31H2,1-6H3,(H,33,34,35)/t21-,30-/m1/s1. The smallest absolute Gasteiger partial charge is 0.227 e. The summed E-state index contributed by atoms with van der Waals surface area (Å²) >= 11 is 0. The van der Waals surface area contributed by atoms with Gasteiger partial charge in [0.25, 0.3) is 0 Å². The number of hydrogen-bond donors (Lipinski definition) is 1. The third-order valence-electron chi connectivity index (χ3n) is 9.45. The first-order valence-corrected chi connectivity index (χ1v) is 14.2. The maximum atomic E-state index is 4.98. The van der Waals surface area contributed by atoms with Crippen LogP contribution in [0, 0.1) is 32.1 Å². The lowest BCUT2D eigenvalue weighted by Gasteiger charge is -2.57. The summed E-state index contributed by atoms with van der Waals surface area (Å²) in [6.07, 6.45) is 5.36. The quantitative estimate of drug-likeness (QED) is 0.407. The van der Waals surface area contributed by atoms with Crippen molar-refractivity contribution in [2.24, 2.45) is 16.3 Å². The fourth-order valence-electron chi connectivity index (χ4n) is 7.09. The van der Waals surface area contributed by atoms with E-state index in [0.717, 1.165) is 42.3 Å². The molecule has 0 amide bonds. The highest BCUT2D eigenvalue weighted by Crippen LogP contribution is 2.50. The van der Waals surface area contributed by atoms with Crippen LogP contribution in [0.3, 0.4) is 0 Å². The molecule has 1 aromatic carbocycles. The van der Waals surface area contributed by atoms with Crippen molar-refractivity contribution in [3.05, 3.63) is 40.6 Å².